The van der Waals surface area contributed by atoms with E-state index in [1.807, 2.05) is 80.6 Å². The maximum atomic E-state index is 14.7. The van der Waals surface area contributed by atoms with Crippen LogP contribution in [0.5, 0.6) is 0 Å². The summed E-state index contributed by atoms with van der Waals surface area (Å²) < 4.78 is 30.6. The summed E-state index contributed by atoms with van der Waals surface area (Å²) in [6.07, 6.45) is 4.20. The molecule has 5 rings (SSSR count). The van der Waals surface area contributed by atoms with Crippen LogP contribution in [0.15, 0.2) is 112 Å². The van der Waals surface area contributed by atoms with Crippen molar-refractivity contribution >= 4 is 43.5 Å². The van der Waals surface area contributed by atoms with Gasteiger partial charge in [-0.3, -0.25) is 13.9 Å². The molecule has 0 bridgehead atoms. The maximum absolute atomic E-state index is 14.7. The highest BCUT2D eigenvalue weighted by Crippen LogP contribution is 2.29. The monoisotopic (exact) mass is 701 g/mol. The second-order valence-corrected chi connectivity index (χ2v) is 14.7. The first-order valence-corrected chi connectivity index (χ1v) is 17.9. The predicted octanol–water partition coefficient (Wildman–Crippen LogP) is 6.96. The quantitative estimate of drug-likeness (QED) is 0.173. The van der Waals surface area contributed by atoms with Crippen molar-refractivity contribution in [3.05, 3.63) is 130 Å². The minimum absolute atomic E-state index is 0.0558. The van der Waals surface area contributed by atoms with Crippen molar-refractivity contribution in [2.45, 2.75) is 69.5 Å². The molecule has 0 unspecified atom stereocenters. The van der Waals surface area contributed by atoms with E-state index in [2.05, 4.69) is 21.2 Å². The molecule has 1 saturated carbocycles. The molecule has 1 fully saturated rings. The average molecular weight is 703 g/mol. The van der Waals surface area contributed by atoms with E-state index in [-0.39, 0.29) is 29.8 Å². The standard InChI is InChI=1S/C37H40BrN3O4S/c1-27-17-18-28(2)34(23-27)41(46(44,45)33-15-7-4-8-16-33)26-36(42)40(25-30-19-21-31(38)22-20-30)35(24-29-11-5-3-6-12-29)37(43)39-32-13-9-10-14-32/h3-8,11-12,15-23,32,35H,9-10,13-14,24-26H2,1-2H3,(H,39,43)/t35-/m0/s1. The molecule has 1 aliphatic carbocycles. The van der Waals surface area contributed by atoms with Crippen molar-refractivity contribution in [3.63, 3.8) is 0 Å². The smallest absolute Gasteiger partial charge is 0.264 e. The number of carbonyl (C=O) groups is 2. The topological polar surface area (TPSA) is 86.8 Å². The molecular formula is C37H40BrN3O4S. The van der Waals surface area contributed by atoms with Crippen LogP contribution in [0.4, 0.5) is 5.69 Å². The van der Waals surface area contributed by atoms with Gasteiger partial charge in [0, 0.05) is 23.5 Å². The Labute approximate surface area is 280 Å². The van der Waals surface area contributed by atoms with Crippen LogP contribution in [0.25, 0.3) is 0 Å². The molecule has 0 spiro atoms. The van der Waals surface area contributed by atoms with Crippen LogP contribution in [0, 0.1) is 13.8 Å². The first-order valence-electron chi connectivity index (χ1n) is 15.6. The van der Waals surface area contributed by atoms with Crippen molar-refractivity contribution in [1.82, 2.24) is 10.2 Å². The summed E-state index contributed by atoms with van der Waals surface area (Å²) in [4.78, 5) is 30.4. The van der Waals surface area contributed by atoms with Crippen LogP contribution in [0.1, 0.15) is 47.9 Å². The third-order valence-electron chi connectivity index (χ3n) is 8.48. The number of nitrogens with zero attached hydrogens (tertiary/aromatic N) is 2. The van der Waals surface area contributed by atoms with Crippen LogP contribution < -0.4 is 9.62 Å². The summed E-state index contributed by atoms with van der Waals surface area (Å²) in [5.41, 5.74) is 3.75. The average Bonchev–Trinajstić information content (AvgIpc) is 3.57. The minimum atomic E-state index is -4.14. The van der Waals surface area contributed by atoms with Crippen molar-refractivity contribution in [3.8, 4) is 0 Å². The molecule has 1 aliphatic rings. The van der Waals surface area contributed by atoms with Gasteiger partial charge in [0.05, 0.1) is 10.6 Å². The van der Waals surface area contributed by atoms with Crippen molar-refractivity contribution in [2.75, 3.05) is 10.8 Å². The fourth-order valence-corrected chi connectivity index (χ4v) is 7.69. The molecule has 0 aromatic heterocycles. The lowest BCUT2D eigenvalue weighted by molar-refractivity contribution is -0.140. The van der Waals surface area contributed by atoms with Gasteiger partial charge in [0.15, 0.2) is 0 Å². The molecule has 1 N–H and O–H groups in total. The fourth-order valence-electron chi connectivity index (χ4n) is 5.93. The largest absolute Gasteiger partial charge is 0.352 e. The van der Waals surface area contributed by atoms with E-state index >= 15 is 0 Å². The molecule has 0 saturated heterocycles. The number of aryl methyl sites for hydroxylation is 2. The van der Waals surface area contributed by atoms with Gasteiger partial charge < -0.3 is 10.2 Å². The van der Waals surface area contributed by atoms with Gasteiger partial charge in [0.25, 0.3) is 10.0 Å². The van der Waals surface area contributed by atoms with Gasteiger partial charge in [-0.05, 0) is 79.3 Å². The zero-order chi connectivity index (χ0) is 32.7. The summed E-state index contributed by atoms with van der Waals surface area (Å²) in [7, 11) is -4.14. The molecule has 4 aromatic carbocycles. The zero-order valence-electron chi connectivity index (χ0n) is 26.2. The summed E-state index contributed by atoms with van der Waals surface area (Å²) in [5.74, 6) is -0.698. The second-order valence-electron chi connectivity index (χ2n) is 12.0. The molecule has 0 heterocycles. The molecule has 0 radical (unpaired) electrons. The SMILES string of the molecule is Cc1ccc(C)c(N(CC(=O)N(Cc2ccc(Br)cc2)[C@@H](Cc2ccccc2)C(=O)NC2CCCC2)S(=O)(=O)c2ccccc2)c1. The Balaban J connectivity index is 1.58. The van der Waals surface area contributed by atoms with Crippen LogP contribution in [-0.2, 0) is 32.6 Å². The maximum Gasteiger partial charge on any atom is 0.264 e. The molecule has 9 heteroatoms. The van der Waals surface area contributed by atoms with Gasteiger partial charge in [-0.15, -0.1) is 0 Å². The van der Waals surface area contributed by atoms with Gasteiger partial charge >= 0.3 is 0 Å². The number of sulfonamides is 1. The van der Waals surface area contributed by atoms with E-state index < -0.39 is 28.5 Å². The van der Waals surface area contributed by atoms with Crippen LogP contribution in [0.3, 0.4) is 0 Å². The third-order valence-corrected chi connectivity index (χ3v) is 10.8. The highest BCUT2D eigenvalue weighted by molar-refractivity contribution is 9.10. The highest BCUT2D eigenvalue weighted by atomic mass is 79.9. The number of halogens is 1. The number of rotatable bonds is 12. The number of amides is 2. The van der Waals surface area contributed by atoms with E-state index in [9.17, 15) is 18.0 Å². The first kappa shape index (κ1) is 33.4. The molecule has 46 heavy (non-hydrogen) atoms. The van der Waals surface area contributed by atoms with Crippen LogP contribution in [0.2, 0.25) is 0 Å². The Morgan fingerprint density at radius 2 is 1.48 bits per heavy atom. The van der Waals surface area contributed by atoms with E-state index in [0.29, 0.717) is 5.69 Å². The van der Waals surface area contributed by atoms with Crippen LogP contribution in [-0.4, -0.2) is 43.8 Å². The van der Waals surface area contributed by atoms with Crippen molar-refractivity contribution in [1.29, 1.82) is 0 Å². The molecular weight excluding hydrogens is 662 g/mol. The molecule has 7 nitrogen and oxygen atoms in total. The van der Waals surface area contributed by atoms with Gasteiger partial charge in [0.1, 0.15) is 12.6 Å². The summed E-state index contributed by atoms with van der Waals surface area (Å²) in [6, 6.07) is 30.1. The van der Waals surface area contributed by atoms with E-state index in [1.54, 1.807) is 29.2 Å². The fraction of sp³-hybridized carbons (Fsp3) is 0.297. The normalized spacial score (nSPS) is 14.1. The van der Waals surface area contributed by atoms with E-state index in [4.69, 9.17) is 0 Å². The Morgan fingerprint density at radius 3 is 2.13 bits per heavy atom. The third kappa shape index (κ3) is 8.25. The second kappa shape index (κ2) is 15.1. The van der Waals surface area contributed by atoms with Crippen molar-refractivity contribution < 1.29 is 18.0 Å². The lowest BCUT2D eigenvalue weighted by Crippen LogP contribution is -2.54. The molecule has 4 aromatic rings. The van der Waals surface area contributed by atoms with Gasteiger partial charge in [-0.1, -0.05) is 102 Å². The summed E-state index contributed by atoms with van der Waals surface area (Å²) in [6.45, 7) is 3.38. The van der Waals surface area contributed by atoms with Crippen molar-refractivity contribution in [2.24, 2.45) is 0 Å². The number of anilines is 1. The minimum Gasteiger partial charge on any atom is -0.352 e. The van der Waals surface area contributed by atoms with Gasteiger partial charge in [-0.2, -0.15) is 0 Å². The first-order chi connectivity index (χ1) is 22.1. The molecule has 240 valence electrons. The number of carbonyl (C=O) groups excluding carboxylic acids is 2. The lowest BCUT2D eigenvalue weighted by atomic mass is 10.0. The molecule has 0 aliphatic heterocycles. The number of benzene rings is 4. The van der Waals surface area contributed by atoms with Crippen LogP contribution >= 0.6 is 15.9 Å². The van der Waals surface area contributed by atoms with Gasteiger partial charge in [-0.25, -0.2) is 8.42 Å². The lowest BCUT2D eigenvalue weighted by Gasteiger charge is -2.34. The summed E-state index contributed by atoms with van der Waals surface area (Å²) in [5, 5.41) is 3.21. The number of hydrogen-bond donors (Lipinski definition) is 1. The molecule has 1 atom stereocenters. The Morgan fingerprint density at radius 1 is 0.848 bits per heavy atom. The number of hydrogen-bond acceptors (Lipinski definition) is 4. The molecule has 2 amide bonds. The van der Waals surface area contributed by atoms with E-state index in [1.165, 1.54) is 16.4 Å². The Kier molecular flexibility index (Phi) is 11.0. The van der Waals surface area contributed by atoms with Gasteiger partial charge in [0.2, 0.25) is 11.8 Å². The predicted molar refractivity (Wildman–Crippen MR) is 186 cm³/mol. The Hall–Kier alpha value is -3.95. The summed E-state index contributed by atoms with van der Waals surface area (Å²) >= 11 is 3.48. The Bertz CT molecular complexity index is 1740. The zero-order valence-corrected chi connectivity index (χ0v) is 28.6. The van der Waals surface area contributed by atoms with E-state index in [0.717, 1.165) is 52.4 Å². The highest BCUT2D eigenvalue weighted by Gasteiger charge is 2.36. The number of nitrogens with one attached hydrogen (secondary N) is 1.